The van der Waals surface area contributed by atoms with Gasteiger partial charge < -0.3 is 10.6 Å². The van der Waals surface area contributed by atoms with E-state index < -0.39 is 0 Å². The van der Waals surface area contributed by atoms with E-state index in [4.69, 9.17) is 0 Å². The first kappa shape index (κ1) is 12.5. The van der Waals surface area contributed by atoms with Crippen LogP contribution in [0.25, 0.3) is 0 Å². The average molecular weight is 223 g/mol. The Labute approximate surface area is 97.0 Å². The van der Waals surface area contributed by atoms with E-state index in [0.717, 1.165) is 31.2 Å². The molecule has 16 heavy (non-hydrogen) atoms. The molecule has 90 valence electrons. The molecule has 1 heterocycles. The maximum Gasteiger partial charge on any atom is 0.191 e. The summed E-state index contributed by atoms with van der Waals surface area (Å²) in [7, 11) is 1.93. The molecule has 1 rings (SSSR count). The first-order chi connectivity index (χ1) is 7.77. The summed E-state index contributed by atoms with van der Waals surface area (Å²) in [5.41, 5.74) is 1.11. The zero-order chi connectivity index (χ0) is 11.8. The van der Waals surface area contributed by atoms with Crippen molar-refractivity contribution in [3.63, 3.8) is 0 Å². The quantitative estimate of drug-likeness (QED) is 0.575. The fraction of sp³-hybridized carbons (Fsp3) is 0.636. The summed E-state index contributed by atoms with van der Waals surface area (Å²) < 4.78 is 1.84. The molecule has 0 bridgehead atoms. The summed E-state index contributed by atoms with van der Waals surface area (Å²) >= 11 is 0. The third-order valence-electron chi connectivity index (χ3n) is 2.21. The lowest BCUT2D eigenvalue weighted by atomic mass is 10.4. The van der Waals surface area contributed by atoms with E-state index in [2.05, 4.69) is 34.6 Å². The minimum Gasteiger partial charge on any atom is -0.357 e. The highest BCUT2D eigenvalue weighted by Gasteiger charge is 1.98. The van der Waals surface area contributed by atoms with Crippen LogP contribution < -0.4 is 10.6 Å². The Kier molecular flexibility index (Phi) is 5.39. The second-order valence-corrected chi connectivity index (χ2v) is 3.57. The standard InChI is InChI=1S/C11H21N5/c1-4-7-13-11(12-5-2)14-9-10-6-8-15-16(10)3/h6,8H,4-5,7,9H2,1-3H3,(H2,12,13,14). The number of hydrogen-bond acceptors (Lipinski definition) is 2. The molecule has 0 radical (unpaired) electrons. The van der Waals surface area contributed by atoms with Crippen LogP contribution in [0, 0.1) is 0 Å². The molecule has 2 N–H and O–H groups in total. The Morgan fingerprint density at radius 2 is 2.25 bits per heavy atom. The highest BCUT2D eigenvalue weighted by molar-refractivity contribution is 5.79. The van der Waals surface area contributed by atoms with Crippen LogP contribution >= 0.6 is 0 Å². The van der Waals surface area contributed by atoms with E-state index >= 15 is 0 Å². The minimum atomic E-state index is 0.648. The van der Waals surface area contributed by atoms with E-state index in [1.165, 1.54) is 0 Å². The van der Waals surface area contributed by atoms with Crippen molar-refractivity contribution < 1.29 is 0 Å². The molecule has 0 amide bonds. The number of nitrogens with one attached hydrogen (secondary N) is 2. The molecule has 0 aliphatic carbocycles. The highest BCUT2D eigenvalue weighted by Crippen LogP contribution is 1.97. The molecular weight excluding hydrogens is 202 g/mol. The van der Waals surface area contributed by atoms with Gasteiger partial charge in [-0.25, -0.2) is 4.99 Å². The Hall–Kier alpha value is -1.52. The zero-order valence-electron chi connectivity index (χ0n) is 10.3. The molecule has 0 unspecified atom stereocenters. The van der Waals surface area contributed by atoms with E-state index in [9.17, 15) is 0 Å². The molecule has 0 aliphatic heterocycles. The van der Waals surface area contributed by atoms with E-state index in [1.807, 2.05) is 17.8 Å². The largest absolute Gasteiger partial charge is 0.357 e. The van der Waals surface area contributed by atoms with Crippen LogP contribution in [-0.4, -0.2) is 28.8 Å². The van der Waals surface area contributed by atoms with Crippen molar-refractivity contribution in [3.05, 3.63) is 18.0 Å². The number of rotatable bonds is 5. The minimum absolute atomic E-state index is 0.648. The van der Waals surface area contributed by atoms with Gasteiger partial charge in [0.2, 0.25) is 0 Å². The van der Waals surface area contributed by atoms with Crippen LogP contribution in [0.15, 0.2) is 17.3 Å². The molecule has 0 aromatic carbocycles. The van der Waals surface area contributed by atoms with Crippen molar-refractivity contribution in [2.45, 2.75) is 26.8 Å². The monoisotopic (exact) mass is 223 g/mol. The zero-order valence-corrected chi connectivity index (χ0v) is 10.3. The van der Waals surface area contributed by atoms with Crippen LogP contribution in [0.2, 0.25) is 0 Å². The third-order valence-corrected chi connectivity index (χ3v) is 2.21. The van der Waals surface area contributed by atoms with Gasteiger partial charge in [-0.2, -0.15) is 5.10 Å². The molecule has 1 aromatic rings. The number of hydrogen-bond donors (Lipinski definition) is 2. The SMILES string of the molecule is CCCNC(=NCc1ccnn1C)NCC. The maximum atomic E-state index is 4.49. The fourth-order valence-corrected chi connectivity index (χ4v) is 1.30. The second kappa shape index (κ2) is 6.87. The summed E-state index contributed by atoms with van der Waals surface area (Å²) in [4.78, 5) is 4.49. The van der Waals surface area contributed by atoms with Gasteiger partial charge in [-0.3, -0.25) is 4.68 Å². The Balaban J connectivity index is 2.53. The summed E-state index contributed by atoms with van der Waals surface area (Å²) in [6.45, 7) is 6.67. The van der Waals surface area contributed by atoms with Gasteiger partial charge in [0.05, 0.1) is 12.2 Å². The van der Waals surface area contributed by atoms with Crippen molar-refractivity contribution in [3.8, 4) is 0 Å². The molecule has 5 heteroatoms. The third kappa shape index (κ3) is 3.92. The Bertz CT molecular complexity index is 329. The van der Waals surface area contributed by atoms with Crippen molar-refractivity contribution >= 4 is 5.96 Å². The molecule has 0 spiro atoms. The van der Waals surface area contributed by atoms with Gasteiger partial charge in [-0.05, 0) is 19.4 Å². The highest BCUT2D eigenvalue weighted by atomic mass is 15.3. The topological polar surface area (TPSA) is 54.2 Å². The second-order valence-electron chi connectivity index (χ2n) is 3.57. The molecule has 0 aliphatic rings. The van der Waals surface area contributed by atoms with Gasteiger partial charge in [-0.15, -0.1) is 0 Å². The smallest absolute Gasteiger partial charge is 0.191 e. The van der Waals surface area contributed by atoms with Gasteiger partial charge in [0.15, 0.2) is 5.96 Å². The lowest BCUT2D eigenvalue weighted by Crippen LogP contribution is -2.37. The van der Waals surface area contributed by atoms with Crippen LogP contribution in [0.4, 0.5) is 0 Å². The van der Waals surface area contributed by atoms with Gasteiger partial charge in [0.25, 0.3) is 0 Å². The van der Waals surface area contributed by atoms with E-state index in [0.29, 0.717) is 6.54 Å². The van der Waals surface area contributed by atoms with Crippen molar-refractivity contribution in [2.24, 2.45) is 12.0 Å². The predicted octanol–water partition coefficient (Wildman–Crippen LogP) is 0.885. The Morgan fingerprint density at radius 3 is 2.81 bits per heavy atom. The van der Waals surface area contributed by atoms with E-state index in [1.54, 1.807) is 6.20 Å². The van der Waals surface area contributed by atoms with Gasteiger partial charge in [-0.1, -0.05) is 6.92 Å². The van der Waals surface area contributed by atoms with E-state index in [-0.39, 0.29) is 0 Å². The average Bonchev–Trinajstić information content (AvgIpc) is 2.68. The van der Waals surface area contributed by atoms with Crippen molar-refractivity contribution in [2.75, 3.05) is 13.1 Å². The number of aliphatic imine (C=N–C) groups is 1. The molecule has 5 nitrogen and oxygen atoms in total. The van der Waals surface area contributed by atoms with Crippen LogP contribution in [-0.2, 0) is 13.6 Å². The molecule has 0 atom stereocenters. The van der Waals surface area contributed by atoms with Gasteiger partial charge >= 0.3 is 0 Å². The number of aryl methyl sites for hydroxylation is 1. The van der Waals surface area contributed by atoms with Crippen LogP contribution in [0.1, 0.15) is 26.0 Å². The normalized spacial score (nSPS) is 11.6. The molecule has 0 saturated heterocycles. The number of aromatic nitrogens is 2. The lowest BCUT2D eigenvalue weighted by Gasteiger charge is -2.10. The summed E-state index contributed by atoms with van der Waals surface area (Å²) in [5.74, 6) is 0.866. The first-order valence-corrected chi connectivity index (χ1v) is 5.77. The molecular formula is C11H21N5. The summed E-state index contributed by atoms with van der Waals surface area (Å²) in [5, 5.41) is 10.6. The maximum absolute atomic E-state index is 4.49. The summed E-state index contributed by atoms with van der Waals surface area (Å²) in [6.07, 6.45) is 2.88. The van der Waals surface area contributed by atoms with Crippen molar-refractivity contribution in [1.29, 1.82) is 0 Å². The molecule has 0 fully saturated rings. The first-order valence-electron chi connectivity index (χ1n) is 5.77. The van der Waals surface area contributed by atoms with Gasteiger partial charge in [0.1, 0.15) is 0 Å². The molecule has 1 aromatic heterocycles. The van der Waals surface area contributed by atoms with Gasteiger partial charge in [0, 0.05) is 26.3 Å². The lowest BCUT2D eigenvalue weighted by molar-refractivity contribution is 0.706. The van der Waals surface area contributed by atoms with Crippen LogP contribution in [0.5, 0.6) is 0 Å². The van der Waals surface area contributed by atoms with Crippen molar-refractivity contribution in [1.82, 2.24) is 20.4 Å². The number of guanidine groups is 1. The fourth-order valence-electron chi connectivity index (χ4n) is 1.30. The van der Waals surface area contributed by atoms with Crippen LogP contribution in [0.3, 0.4) is 0 Å². The number of nitrogens with zero attached hydrogens (tertiary/aromatic N) is 3. The predicted molar refractivity (Wildman–Crippen MR) is 66.3 cm³/mol. The summed E-state index contributed by atoms with van der Waals surface area (Å²) in [6, 6.07) is 1.98. The Morgan fingerprint density at radius 1 is 1.44 bits per heavy atom. The molecule has 0 saturated carbocycles.